The van der Waals surface area contributed by atoms with Gasteiger partial charge in [0.05, 0.1) is 0 Å². The van der Waals surface area contributed by atoms with Crippen molar-refractivity contribution >= 4 is 5.91 Å². The first-order valence-corrected chi connectivity index (χ1v) is 7.28. The molecule has 2 N–H and O–H groups in total. The lowest BCUT2D eigenvalue weighted by molar-refractivity contribution is -0.121. The fourth-order valence-corrected chi connectivity index (χ4v) is 2.39. The van der Waals surface area contributed by atoms with Crippen molar-refractivity contribution in [1.29, 1.82) is 0 Å². The van der Waals surface area contributed by atoms with Crippen LogP contribution >= 0.6 is 0 Å². The number of piperidine rings is 1. The van der Waals surface area contributed by atoms with E-state index in [0.717, 1.165) is 45.3 Å². The quantitative estimate of drug-likeness (QED) is 0.792. The SMILES string of the molecule is CC(C)(C)CCCC(=O)NCC1(C)CCNCC1. The zero-order valence-corrected chi connectivity index (χ0v) is 12.6. The molecule has 0 saturated carbocycles. The van der Waals surface area contributed by atoms with Gasteiger partial charge in [0, 0.05) is 13.0 Å². The van der Waals surface area contributed by atoms with E-state index in [2.05, 4.69) is 38.3 Å². The van der Waals surface area contributed by atoms with Gasteiger partial charge in [-0.15, -0.1) is 0 Å². The Labute approximate surface area is 112 Å². The van der Waals surface area contributed by atoms with E-state index < -0.39 is 0 Å². The van der Waals surface area contributed by atoms with Crippen LogP contribution in [0.2, 0.25) is 0 Å². The second-order valence-corrected chi connectivity index (χ2v) is 7.25. The van der Waals surface area contributed by atoms with Crippen LogP contribution in [0.15, 0.2) is 0 Å². The van der Waals surface area contributed by atoms with Gasteiger partial charge in [-0.2, -0.15) is 0 Å². The Bertz CT molecular complexity index is 262. The number of hydrogen-bond donors (Lipinski definition) is 2. The van der Waals surface area contributed by atoms with Crippen molar-refractivity contribution in [2.45, 2.75) is 59.8 Å². The maximum atomic E-state index is 11.8. The molecule has 3 heteroatoms. The van der Waals surface area contributed by atoms with Crippen LogP contribution in [0, 0.1) is 10.8 Å². The summed E-state index contributed by atoms with van der Waals surface area (Å²) in [7, 11) is 0. The molecule has 0 aromatic rings. The van der Waals surface area contributed by atoms with Crippen molar-refractivity contribution in [2.75, 3.05) is 19.6 Å². The predicted molar refractivity (Wildman–Crippen MR) is 76.5 cm³/mol. The van der Waals surface area contributed by atoms with Crippen molar-refractivity contribution in [1.82, 2.24) is 10.6 Å². The van der Waals surface area contributed by atoms with Crippen LogP contribution < -0.4 is 10.6 Å². The Morgan fingerprint density at radius 1 is 1.28 bits per heavy atom. The van der Waals surface area contributed by atoms with E-state index in [-0.39, 0.29) is 5.91 Å². The van der Waals surface area contributed by atoms with Gasteiger partial charge in [-0.05, 0) is 49.6 Å². The van der Waals surface area contributed by atoms with Crippen molar-refractivity contribution in [3.63, 3.8) is 0 Å². The molecule has 0 aromatic heterocycles. The lowest BCUT2D eigenvalue weighted by Crippen LogP contribution is -2.42. The molecule has 0 atom stereocenters. The molecule has 1 amide bonds. The van der Waals surface area contributed by atoms with Gasteiger partial charge in [-0.3, -0.25) is 4.79 Å². The molecule has 1 fully saturated rings. The lowest BCUT2D eigenvalue weighted by atomic mass is 9.81. The molecule has 3 nitrogen and oxygen atoms in total. The van der Waals surface area contributed by atoms with E-state index in [1.54, 1.807) is 0 Å². The zero-order valence-electron chi connectivity index (χ0n) is 12.6. The van der Waals surface area contributed by atoms with Gasteiger partial charge in [0.15, 0.2) is 0 Å². The Balaban J connectivity index is 2.16. The molecule has 0 bridgehead atoms. The van der Waals surface area contributed by atoms with Gasteiger partial charge in [-0.1, -0.05) is 27.7 Å². The minimum atomic E-state index is 0.221. The summed E-state index contributed by atoms with van der Waals surface area (Å²) in [6.45, 7) is 11.9. The van der Waals surface area contributed by atoms with Crippen LogP contribution in [0.1, 0.15) is 59.8 Å². The minimum absolute atomic E-state index is 0.221. The number of carbonyl (C=O) groups is 1. The predicted octanol–water partition coefficient (Wildman–Crippen LogP) is 2.71. The fraction of sp³-hybridized carbons (Fsp3) is 0.933. The van der Waals surface area contributed by atoms with Crippen LogP contribution in [0.25, 0.3) is 0 Å². The molecule has 1 aliphatic heterocycles. The summed E-state index contributed by atoms with van der Waals surface area (Å²) in [6, 6.07) is 0. The lowest BCUT2D eigenvalue weighted by Gasteiger charge is -2.34. The average Bonchev–Trinajstić information content (AvgIpc) is 2.26. The summed E-state index contributed by atoms with van der Waals surface area (Å²) >= 11 is 0. The summed E-state index contributed by atoms with van der Waals surface area (Å²) in [5.41, 5.74) is 0.631. The average molecular weight is 254 g/mol. The molecule has 1 saturated heterocycles. The highest BCUT2D eigenvalue weighted by atomic mass is 16.1. The minimum Gasteiger partial charge on any atom is -0.356 e. The Morgan fingerprint density at radius 2 is 1.89 bits per heavy atom. The first-order valence-electron chi connectivity index (χ1n) is 7.28. The molecule has 1 aliphatic rings. The normalized spacial score (nSPS) is 19.6. The third kappa shape index (κ3) is 6.39. The monoisotopic (exact) mass is 254 g/mol. The summed E-state index contributed by atoms with van der Waals surface area (Å²) in [5, 5.41) is 6.48. The molecule has 1 heterocycles. The van der Waals surface area contributed by atoms with Crippen molar-refractivity contribution in [3.8, 4) is 0 Å². The van der Waals surface area contributed by atoms with E-state index in [4.69, 9.17) is 0 Å². The largest absolute Gasteiger partial charge is 0.356 e. The highest BCUT2D eigenvalue weighted by molar-refractivity contribution is 5.75. The molecule has 0 spiro atoms. The van der Waals surface area contributed by atoms with Gasteiger partial charge >= 0.3 is 0 Å². The van der Waals surface area contributed by atoms with Gasteiger partial charge in [-0.25, -0.2) is 0 Å². The summed E-state index contributed by atoms with van der Waals surface area (Å²) in [4.78, 5) is 11.8. The topological polar surface area (TPSA) is 41.1 Å². The molecule has 0 aromatic carbocycles. The van der Waals surface area contributed by atoms with Crippen LogP contribution in [0.4, 0.5) is 0 Å². The van der Waals surface area contributed by atoms with Gasteiger partial charge in [0.25, 0.3) is 0 Å². The summed E-state index contributed by atoms with van der Waals surface area (Å²) < 4.78 is 0. The second-order valence-electron chi connectivity index (χ2n) is 7.25. The van der Waals surface area contributed by atoms with Gasteiger partial charge in [0.1, 0.15) is 0 Å². The van der Waals surface area contributed by atoms with Crippen LogP contribution in [0.5, 0.6) is 0 Å². The number of rotatable bonds is 5. The molecule has 1 rings (SSSR count). The molecular formula is C15H30N2O. The van der Waals surface area contributed by atoms with Gasteiger partial charge in [0.2, 0.25) is 5.91 Å². The van der Waals surface area contributed by atoms with Crippen LogP contribution in [0.3, 0.4) is 0 Å². The second kappa shape index (κ2) is 6.55. The highest BCUT2D eigenvalue weighted by Gasteiger charge is 2.26. The highest BCUT2D eigenvalue weighted by Crippen LogP contribution is 2.26. The van der Waals surface area contributed by atoms with Crippen LogP contribution in [-0.2, 0) is 4.79 Å². The number of nitrogens with one attached hydrogen (secondary N) is 2. The molecule has 0 unspecified atom stereocenters. The van der Waals surface area contributed by atoms with E-state index in [1.165, 1.54) is 0 Å². The Kier molecular flexibility index (Phi) is 5.64. The van der Waals surface area contributed by atoms with E-state index in [0.29, 0.717) is 17.3 Å². The number of amides is 1. The van der Waals surface area contributed by atoms with E-state index in [1.807, 2.05) is 0 Å². The molecule has 18 heavy (non-hydrogen) atoms. The number of carbonyl (C=O) groups excluding carboxylic acids is 1. The standard InChI is InChI=1S/C15H30N2O/c1-14(2,3)7-5-6-13(18)17-12-15(4)8-10-16-11-9-15/h16H,5-12H2,1-4H3,(H,17,18). The zero-order chi connectivity index (χ0) is 13.6. The third-order valence-electron chi connectivity index (χ3n) is 3.85. The van der Waals surface area contributed by atoms with Gasteiger partial charge < -0.3 is 10.6 Å². The van der Waals surface area contributed by atoms with Crippen molar-refractivity contribution in [3.05, 3.63) is 0 Å². The number of hydrogen-bond acceptors (Lipinski definition) is 2. The third-order valence-corrected chi connectivity index (χ3v) is 3.85. The summed E-state index contributed by atoms with van der Waals surface area (Å²) in [5.74, 6) is 0.221. The first kappa shape index (κ1) is 15.5. The molecule has 0 radical (unpaired) electrons. The maximum absolute atomic E-state index is 11.8. The summed E-state index contributed by atoms with van der Waals surface area (Å²) in [6.07, 6.45) is 5.10. The molecule has 106 valence electrons. The van der Waals surface area contributed by atoms with E-state index in [9.17, 15) is 4.79 Å². The van der Waals surface area contributed by atoms with Crippen molar-refractivity contribution < 1.29 is 4.79 Å². The molecular weight excluding hydrogens is 224 g/mol. The van der Waals surface area contributed by atoms with Crippen molar-refractivity contribution in [2.24, 2.45) is 10.8 Å². The van der Waals surface area contributed by atoms with Crippen LogP contribution in [-0.4, -0.2) is 25.5 Å². The first-order chi connectivity index (χ1) is 8.31. The Morgan fingerprint density at radius 3 is 2.44 bits per heavy atom. The Hall–Kier alpha value is -0.570. The fourth-order valence-electron chi connectivity index (χ4n) is 2.39. The smallest absolute Gasteiger partial charge is 0.220 e. The maximum Gasteiger partial charge on any atom is 0.220 e. The van der Waals surface area contributed by atoms with E-state index >= 15 is 0 Å². The molecule has 0 aliphatic carbocycles.